The first-order valence-corrected chi connectivity index (χ1v) is 5.90. The normalized spacial score (nSPS) is 10.5. The summed E-state index contributed by atoms with van der Waals surface area (Å²) in [5, 5.41) is 0.561. The molecule has 0 atom stereocenters. The molecule has 2 aromatic rings. The van der Waals surface area contributed by atoms with Gasteiger partial charge in [-0.05, 0) is 33.6 Å². The maximum atomic E-state index is 13.0. The van der Waals surface area contributed by atoms with Crippen LogP contribution >= 0.6 is 27.3 Å². The number of halogens is 2. The fourth-order valence-electron chi connectivity index (χ4n) is 1.26. The molecule has 0 aliphatic rings. The van der Waals surface area contributed by atoms with Gasteiger partial charge in [0.1, 0.15) is 5.82 Å². The first-order valence-electron chi connectivity index (χ1n) is 4.29. The van der Waals surface area contributed by atoms with Crippen LogP contribution in [0.3, 0.4) is 0 Å². The van der Waals surface area contributed by atoms with Crippen LogP contribution < -0.4 is 5.73 Å². The van der Waals surface area contributed by atoms with Gasteiger partial charge >= 0.3 is 0 Å². The van der Waals surface area contributed by atoms with Crippen LogP contribution in [0.1, 0.15) is 10.4 Å². The van der Waals surface area contributed by atoms with Crippen LogP contribution in [0.2, 0.25) is 0 Å². The fourth-order valence-corrected chi connectivity index (χ4v) is 2.40. The molecule has 0 fully saturated rings. The molecular formula is C10H8BrFN2S. The van der Waals surface area contributed by atoms with Gasteiger partial charge in [0.25, 0.3) is 0 Å². The van der Waals surface area contributed by atoms with Gasteiger partial charge in [-0.2, -0.15) is 0 Å². The number of nitrogens with two attached hydrogens (primary N) is 1. The Bertz CT molecular complexity index is 484. The molecule has 0 unspecified atom stereocenters. The maximum absolute atomic E-state index is 13.0. The molecule has 0 saturated heterocycles. The molecule has 5 heteroatoms. The van der Waals surface area contributed by atoms with E-state index in [0.29, 0.717) is 9.60 Å². The molecule has 0 bridgehead atoms. The van der Waals surface area contributed by atoms with Gasteiger partial charge in [-0.25, -0.2) is 9.37 Å². The van der Waals surface area contributed by atoms with E-state index >= 15 is 0 Å². The van der Waals surface area contributed by atoms with Crippen molar-refractivity contribution in [3.63, 3.8) is 0 Å². The molecular weight excluding hydrogens is 279 g/mol. The third kappa shape index (κ3) is 2.54. The van der Waals surface area contributed by atoms with Crippen LogP contribution in [0.5, 0.6) is 0 Å². The molecule has 1 aromatic carbocycles. The maximum Gasteiger partial charge on any atom is 0.180 e. The van der Waals surface area contributed by atoms with E-state index in [0.717, 1.165) is 16.9 Å². The molecule has 1 heterocycles. The van der Waals surface area contributed by atoms with Gasteiger partial charge in [-0.15, -0.1) is 11.3 Å². The standard InChI is InChI=1S/C10H8BrFN2S/c11-8-4-6(1-2-9(8)12)3-7-5-14-10(13)15-7/h1-2,4-5H,3H2,(H2,13,14). The summed E-state index contributed by atoms with van der Waals surface area (Å²) in [6.07, 6.45) is 2.48. The Kier molecular flexibility index (Phi) is 3.02. The predicted octanol–water partition coefficient (Wildman–Crippen LogP) is 3.22. The number of rotatable bonds is 2. The smallest absolute Gasteiger partial charge is 0.180 e. The third-order valence-electron chi connectivity index (χ3n) is 1.93. The Hall–Kier alpha value is -0.940. The van der Waals surface area contributed by atoms with Gasteiger partial charge in [-0.3, -0.25) is 0 Å². The van der Waals surface area contributed by atoms with Crippen LogP contribution in [-0.4, -0.2) is 4.98 Å². The minimum absolute atomic E-state index is 0.248. The van der Waals surface area contributed by atoms with Crippen molar-refractivity contribution in [1.82, 2.24) is 4.98 Å². The highest BCUT2D eigenvalue weighted by Gasteiger charge is 2.03. The Morgan fingerprint density at radius 3 is 2.87 bits per heavy atom. The van der Waals surface area contributed by atoms with E-state index in [-0.39, 0.29) is 5.82 Å². The third-order valence-corrected chi connectivity index (χ3v) is 3.37. The zero-order chi connectivity index (χ0) is 10.8. The molecule has 0 aliphatic carbocycles. The largest absolute Gasteiger partial charge is 0.375 e. The van der Waals surface area contributed by atoms with Crippen molar-refractivity contribution in [1.29, 1.82) is 0 Å². The number of nitrogens with zero attached hydrogens (tertiary/aromatic N) is 1. The minimum atomic E-state index is -0.248. The number of aromatic nitrogens is 1. The van der Waals surface area contributed by atoms with Crippen LogP contribution in [0.25, 0.3) is 0 Å². The molecule has 2 rings (SSSR count). The number of anilines is 1. The molecule has 2 nitrogen and oxygen atoms in total. The quantitative estimate of drug-likeness (QED) is 0.921. The van der Waals surface area contributed by atoms with Crippen molar-refractivity contribution >= 4 is 32.4 Å². The van der Waals surface area contributed by atoms with Gasteiger partial charge < -0.3 is 5.73 Å². The first kappa shape index (κ1) is 10.6. The van der Waals surface area contributed by atoms with E-state index < -0.39 is 0 Å². The average Bonchev–Trinajstić information content (AvgIpc) is 2.58. The van der Waals surface area contributed by atoms with Crippen LogP contribution in [0.4, 0.5) is 9.52 Å². The lowest BCUT2D eigenvalue weighted by Gasteiger charge is -2.00. The van der Waals surface area contributed by atoms with Gasteiger partial charge in [0.05, 0.1) is 4.47 Å². The first-order chi connectivity index (χ1) is 7.15. The molecule has 0 radical (unpaired) electrons. The topological polar surface area (TPSA) is 38.9 Å². The molecule has 0 aliphatic heterocycles. The molecule has 0 spiro atoms. The lowest BCUT2D eigenvalue weighted by Crippen LogP contribution is -1.86. The zero-order valence-electron chi connectivity index (χ0n) is 7.71. The number of nitrogen functional groups attached to an aromatic ring is 1. The van der Waals surface area contributed by atoms with Crippen molar-refractivity contribution in [2.45, 2.75) is 6.42 Å². The lowest BCUT2D eigenvalue weighted by molar-refractivity contribution is 0.620. The molecule has 78 valence electrons. The minimum Gasteiger partial charge on any atom is -0.375 e. The van der Waals surface area contributed by atoms with E-state index in [4.69, 9.17) is 5.73 Å². The van der Waals surface area contributed by atoms with E-state index in [2.05, 4.69) is 20.9 Å². The number of thiazole rings is 1. The summed E-state index contributed by atoms with van der Waals surface area (Å²) in [5.41, 5.74) is 6.56. The number of benzene rings is 1. The second-order valence-electron chi connectivity index (χ2n) is 3.09. The van der Waals surface area contributed by atoms with Gasteiger partial charge in [0.2, 0.25) is 0 Å². The fraction of sp³-hybridized carbons (Fsp3) is 0.100. The van der Waals surface area contributed by atoms with Crippen molar-refractivity contribution in [3.8, 4) is 0 Å². The Morgan fingerprint density at radius 1 is 1.47 bits per heavy atom. The predicted molar refractivity (Wildman–Crippen MR) is 63.4 cm³/mol. The van der Waals surface area contributed by atoms with Crippen molar-refractivity contribution in [2.24, 2.45) is 0 Å². The summed E-state index contributed by atoms with van der Waals surface area (Å²) < 4.78 is 13.4. The summed E-state index contributed by atoms with van der Waals surface area (Å²) in [5.74, 6) is -0.248. The molecule has 2 N–H and O–H groups in total. The van der Waals surface area contributed by atoms with Crippen molar-refractivity contribution in [2.75, 3.05) is 5.73 Å². The Balaban J connectivity index is 2.21. The Labute approximate surface area is 99.1 Å². The van der Waals surface area contributed by atoms with Gasteiger partial charge in [-0.1, -0.05) is 6.07 Å². The SMILES string of the molecule is Nc1ncc(Cc2ccc(F)c(Br)c2)s1. The van der Waals surface area contributed by atoms with Crippen molar-refractivity contribution < 1.29 is 4.39 Å². The van der Waals surface area contributed by atoms with E-state index in [9.17, 15) is 4.39 Å². The summed E-state index contributed by atoms with van der Waals surface area (Å²) in [4.78, 5) is 5.04. The van der Waals surface area contributed by atoms with E-state index in [1.165, 1.54) is 17.4 Å². The number of hydrogen-bond acceptors (Lipinski definition) is 3. The average molecular weight is 287 g/mol. The summed E-state index contributed by atoms with van der Waals surface area (Å²) in [6, 6.07) is 4.98. The highest BCUT2D eigenvalue weighted by atomic mass is 79.9. The lowest BCUT2D eigenvalue weighted by atomic mass is 10.1. The zero-order valence-corrected chi connectivity index (χ0v) is 10.1. The second-order valence-corrected chi connectivity index (χ2v) is 5.09. The molecule has 1 aromatic heterocycles. The van der Waals surface area contributed by atoms with Gasteiger partial charge in [0.15, 0.2) is 5.13 Å². The van der Waals surface area contributed by atoms with E-state index in [1.54, 1.807) is 18.3 Å². The van der Waals surface area contributed by atoms with E-state index in [1.807, 2.05) is 0 Å². The van der Waals surface area contributed by atoms with Crippen molar-refractivity contribution in [3.05, 3.63) is 45.1 Å². The summed E-state index contributed by atoms with van der Waals surface area (Å²) in [6.45, 7) is 0. The highest BCUT2D eigenvalue weighted by molar-refractivity contribution is 9.10. The molecule has 15 heavy (non-hydrogen) atoms. The van der Waals surface area contributed by atoms with Crippen LogP contribution in [0.15, 0.2) is 28.9 Å². The second kappa shape index (κ2) is 4.28. The molecule has 0 saturated carbocycles. The number of hydrogen-bond donors (Lipinski definition) is 1. The monoisotopic (exact) mass is 286 g/mol. The van der Waals surface area contributed by atoms with Crippen LogP contribution in [-0.2, 0) is 6.42 Å². The highest BCUT2D eigenvalue weighted by Crippen LogP contribution is 2.22. The summed E-state index contributed by atoms with van der Waals surface area (Å²) in [7, 11) is 0. The summed E-state index contributed by atoms with van der Waals surface area (Å²) >= 11 is 4.60. The molecule has 0 amide bonds. The van der Waals surface area contributed by atoms with Crippen LogP contribution in [0, 0.1) is 5.82 Å². The Morgan fingerprint density at radius 2 is 2.27 bits per heavy atom. The van der Waals surface area contributed by atoms with Gasteiger partial charge in [0, 0.05) is 17.5 Å².